The molecule has 0 saturated heterocycles. The van der Waals surface area contributed by atoms with E-state index in [1.165, 1.54) is 36.5 Å². The average molecular weight is 372 g/mol. The Labute approximate surface area is 144 Å². The lowest BCUT2D eigenvalue weighted by Gasteiger charge is -2.13. The van der Waals surface area contributed by atoms with Gasteiger partial charge in [0.05, 0.1) is 17.8 Å². The molecule has 0 unspecified atom stereocenters. The third-order valence-corrected chi connectivity index (χ3v) is 3.60. The Kier molecular flexibility index (Phi) is 4.35. The van der Waals surface area contributed by atoms with Gasteiger partial charge in [-0.1, -0.05) is 18.2 Å². The molecule has 1 N–H and O–H groups in total. The summed E-state index contributed by atoms with van der Waals surface area (Å²) < 4.78 is 70.4. The fraction of sp³-hybridized carbons (Fsp3) is 0.235. The Morgan fingerprint density at radius 1 is 1.00 bits per heavy atom. The summed E-state index contributed by atoms with van der Waals surface area (Å²) in [5, 5.41) is 9.21. The highest BCUT2D eigenvalue weighted by atomic mass is 19.4. The lowest BCUT2D eigenvalue weighted by molar-refractivity contribution is -0.159. The minimum absolute atomic E-state index is 0.0662. The van der Waals surface area contributed by atoms with Gasteiger partial charge in [0.1, 0.15) is 5.75 Å². The number of ether oxygens (including phenoxy) is 1. The first-order chi connectivity index (χ1) is 12.1. The number of hydrogen-bond donors (Lipinski definition) is 1. The van der Waals surface area contributed by atoms with Gasteiger partial charge in [-0.25, -0.2) is 4.98 Å². The van der Waals surface area contributed by atoms with E-state index in [4.69, 9.17) is 0 Å². The van der Waals surface area contributed by atoms with Crippen molar-refractivity contribution in [2.75, 3.05) is 0 Å². The Balaban J connectivity index is 2.03. The summed E-state index contributed by atoms with van der Waals surface area (Å²) in [7, 11) is 0. The average Bonchev–Trinajstić information content (AvgIpc) is 2.92. The predicted molar refractivity (Wildman–Crippen MR) is 82.8 cm³/mol. The standard InChI is InChI=1S/C17H13F5N2O2/c1-16(18,19)26-12-5-2-10(3-6-12)11-4-7-14-13(9-25)23-15(17(20,21)22)24(14)8-11/h2-8,25H,9H2,1H3. The highest BCUT2D eigenvalue weighted by Gasteiger charge is 2.37. The zero-order chi connectivity index (χ0) is 19.1. The van der Waals surface area contributed by atoms with E-state index in [0.29, 0.717) is 18.1 Å². The molecule has 3 aromatic rings. The molecule has 138 valence electrons. The molecule has 2 heterocycles. The van der Waals surface area contributed by atoms with E-state index in [9.17, 15) is 27.1 Å². The van der Waals surface area contributed by atoms with Crippen LogP contribution in [-0.2, 0) is 12.8 Å². The van der Waals surface area contributed by atoms with Crippen molar-refractivity contribution >= 4 is 5.52 Å². The van der Waals surface area contributed by atoms with Crippen LogP contribution in [0.5, 0.6) is 5.75 Å². The van der Waals surface area contributed by atoms with E-state index in [2.05, 4.69) is 9.72 Å². The molecule has 9 heteroatoms. The van der Waals surface area contributed by atoms with Gasteiger partial charge in [-0.2, -0.15) is 22.0 Å². The van der Waals surface area contributed by atoms with Crippen LogP contribution in [0.3, 0.4) is 0 Å². The Morgan fingerprint density at radius 3 is 2.15 bits per heavy atom. The molecule has 0 saturated carbocycles. The van der Waals surface area contributed by atoms with Gasteiger partial charge in [0, 0.05) is 13.1 Å². The van der Waals surface area contributed by atoms with Crippen molar-refractivity contribution in [3.05, 3.63) is 54.1 Å². The van der Waals surface area contributed by atoms with Gasteiger partial charge in [0.2, 0.25) is 5.82 Å². The molecule has 3 rings (SSSR count). The number of alkyl halides is 5. The first-order valence-corrected chi connectivity index (χ1v) is 7.45. The number of benzene rings is 1. The Bertz CT molecular complexity index is 927. The van der Waals surface area contributed by atoms with Crippen LogP contribution < -0.4 is 4.74 Å². The number of hydrogen-bond acceptors (Lipinski definition) is 3. The van der Waals surface area contributed by atoms with Crippen molar-refractivity contribution in [3.8, 4) is 16.9 Å². The third kappa shape index (κ3) is 3.62. The van der Waals surface area contributed by atoms with Crippen molar-refractivity contribution in [1.29, 1.82) is 0 Å². The van der Waals surface area contributed by atoms with Crippen molar-refractivity contribution in [2.45, 2.75) is 25.8 Å². The molecule has 4 nitrogen and oxygen atoms in total. The second-order valence-electron chi connectivity index (χ2n) is 5.65. The first-order valence-electron chi connectivity index (χ1n) is 7.45. The van der Waals surface area contributed by atoms with Crippen molar-refractivity contribution < 1.29 is 31.8 Å². The number of halogens is 5. The highest BCUT2D eigenvalue weighted by molar-refractivity contribution is 5.67. The van der Waals surface area contributed by atoms with Crippen LogP contribution in [0.15, 0.2) is 42.6 Å². The molecule has 0 aliphatic carbocycles. The summed E-state index contributed by atoms with van der Waals surface area (Å²) in [4.78, 5) is 3.45. The first kappa shape index (κ1) is 18.1. The van der Waals surface area contributed by atoms with E-state index in [-0.39, 0.29) is 17.0 Å². The zero-order valence-corrected chi connectivity index (χ0v) is 13.4. The fourth-order valence-corrected chi connectivity index (χ4v) is 2.56. The molecule has 0 bridgehead atoms. The molecule has 0 fully saturated rings. The summed E-state index contributed by atoms with van der Waals surface area (Å²) in [5.74, 6) is -1.22. The number of rotatable bonds is 4. The molecule has 0 aliphatic rings. The van der Waals surface area contributed by atoms with E-state index >= 15 is 0 Å². The maximum Gasteiger partial charge on any atom is 0.450 e. The molecule has 0 spiro atoms. The van der Waals surface area contributed by atoms with Crippen molar-refractivity contribution in [1.82, 2.24) is 9.38 Å². The normalized spacial score (nSPS) is 12.6. The van der Waals surface area contributed by atoms with Crippen LogP contribution in [0.1, 0.15) is 18.4 Å². The maximum atomic E-state index is 13.2. The molecule has 26 heavy (non-hydrogen) atoms. The van der Waals surface area contributed by atoms with Crippen LogP contribution in [-0.4, -0.2) is 20.6 Å². The molecular formula is C17H13F5N2O2. The monoisotopic (exact) mass is 372 g/mol. The van der Waals surface area contributed by atoms with Gasteiger partial charge in [-0.15, -0.1) is 0 Å². The van der Waals surface area contributed by atoms with E-state index in [1.807, 2.05) is 0 Å². The number of fused-ring (bicyclic) bond motifs is 1. The van der Waals surface area contributed by atoms with Crippen LogP contribution in [0.25, 0.3) is 16.6 Å². The minimum atomic E-state index is -4.70. The summed E-state index contributed by atoms with van der Waals surface area (Å²) in [6, 6.07) is 8.48. The van der Waals surface area contributed by atoms with Gasteiger partial charge >= 0.3 is 12.3 Å². The van der Waals surface area contributed by atoms with Gasteiger partial charge in [0.15, 0.2) is 0 Å². The van der Waals surface area contributed by atoms with Crippen LogP contribution in [0.4, 0.5) is 22.0 Å². The largest absolute Gasteiger partial charge is 0.450 e. The topological polar surface area (TPSA) is 46.8 Å². The van der Waals surface area contributed by atoms with Crippen molar-refractivity contribution in [3.63, 3.8) is 0 Å². The SMILES string of the molecule is CC(F)(F)Oc1ccc(-c2ccc3c(CO)nc(C(F)(F)F)n3c2)cc1. The molecule has 0 radical (unpaired) electrons. The highest BCUT2D eigenvalue weighted by Crippen LogP contribution is 2.32. The van der Waals surface area contributed by atoms with Gasteiger partial charge in [-0.05, 0) is 29.3 Å². The number of aromatic nitrogens is 2. The van der Waals surface area contributed by atoms with E-state index < -0.39 is 24.7 Å². The Hall–Kier alpha value is -2.68. The summed E-state index contributed by atoms with van der Waals surface area (Å²) in [5.41, 5.74) is 0.970. The second kappa shape index (κ2) is 6.24. The van der Waals surface area contributed by atoms with Crippen LogP contribution in [0, 0.1) is 0 Å². The van der Waals surface area contributed by atoms with Crippen LogP contribution >= 0.6 is 0 Å². The summed E-state index contributed by atoms with van der Waals surface area (Å²) in [6.45, 7) is -0.0263. The van der Waals surface area contributed by atoms with Crippen LogP contribution in [0.2, 0.25) is 0 Å². The second-order valence-corrected chi connectivity index (χ2v) is 5.65. The van der Waals surface area contributed by atoms with Gasteiger partial charge in [-0.3, -0.25) is 4.40 Å². The number of nitrogens with zero attached hydrogens (tertiary/aromatic N) is 2. The quantitative estimate of drug-likeness (QED) is 0.686. The smallest absolute Gasteiger partial charge is 0.433 e. The van der Waals surface area contributed by atoms with E-state index in [0.717, 1.165) is 4.40 Å². The molecule has 0 aliphatic heterocycles. The lowest BCUT2D eigenvalue weighted by Crippen LogP contribution is -2.18. The van der Waals surface area contributed by atoms with E-state index in [1.54, 1.807) is 6.07 Å². The molecule has 0 atom stereocenters. The lowest BCUT2D eigenvalue weighted by atomic mass is 10.1. The molecule has 2 aromatic heterocycles. The maximum absolute atomic E-state index is 13.2. The van der Waals surface area contributed by atoms with Gasteiger partial charge in [0.25, 0.3) is 0 Å². The number of aliphatic hydroxyl groups is 1. The fourth-order valence-electron chi connectivity index (χ4n) is 2.56. The molecule has 1 aromatic carbocycles. The van der Waals surface area contributed by atoms with Crippen molar-refractivity contribution in [2.24, 2.45) is 0 Å². The number of imidazole rings is 1. The summed E-state index contributed by atoms with van der Waals surface area (Å²) in [6.07, 6.45) is -6.80. The molecular weight excluding hydrogens is 359 g/mol. The number of aliphatic hydroxyl groups excluding tert-OH is 1. The number of pyridine rings is 1. The molecule has 0 amide bonds. The Morgan fingerprint density at radius 2 is 1.62 bits per heavy atom. The van der Waals surface area contributed by atoms with Gasteiger partial charge < -0.3 is 9.84 Å². The predicted octanol–water partition coefficient (Wildman–Crippen LogP) is 4.50. The minimum Gasteiger partial charge on any atom is -0.433 e. The summed E-state index contributed by atoms with van der Waals surface area (Å²) >= 11 is 0. The third-order valence-electron chi connectivity index (χ3n) is 3.60. The zero-order valence-electron chi connectivity index (χ0n) is 13.4.